The van der Waals surface area contributed by atoms with Crippen LogP contribution in [0.3, 0.4) is 0 Å². The molecule has 1 heterocycles. The fraction of sp³-hybridized carbons (Fsp3) is 0.333. The van der Waals surface area contributed by atoms with Gasteiger partial charge >= 0.3 is 0 Å². The van der Waals surface area contributed by atoms with E-state index in [1.165, 1.54) is 18.2 Å². The van der Waals surface area contributed by atoms with Crippen molar-refractivity contribution in [1.82, 2.24) is 0 Å². The van der Waals surface area contributed by atoms with Crippen LogP contribution in [-0.4, -0.2) is 16.7 Å². The molecule has 7 heteroatoms. The number of nitro benzene ring substituents is 1. The second kappa shape index (κ2) is 4.39. The first-order valence-electron chi connectivity index (χ1n) is 6.99. The van der Waals surface area contributed by atoms with E-state index in [0.29, 0.717) is 0 Å². The lowest BCUT2D eigenvalue weighted by atomic mass is 9.85. The van der Waals surface area contributed by atoms with Crippen LogP contribution < -0.4 is 4.90 Å². The number of fused-ring (bicyclic) bond motifs is 5. The van der Waals surface area contributed by atoms with Gasteiger partial charge in [-0.15, -0.1) is 0 Å². The molecule has 2 bridgehead atoms. The van der Waals surface area contributed by atoms with E-state index in [4.69, 9.17) is 11.6 Å². The molecular formula is C15H11ClN2O4. The van der Waals surface area contributed by atoms with Gasteiger partial charge in [-0.25, -0.2) is 4.90 Å². The predicted octanol–water partition coefficient (Wildman–Crippen LogP) is 2.56. The first-order chi connectivity index (χ1) is 10.5. The molecule has 22 heavy (non-hydrogen) atoms. The molecule has 6 nitrogen and oxygen atoms in total. The Morgan fingerprint density at radius 2 is 1.73 bits per heavy atom. The smallest absolute Gasteiger partial charge is 0.271 e. The number of nitrogens with zero attached hydrogens (tertiary/aromatic N) is 2. The van der Waals surface area contributed by atoms with Crippen molar-refractivity contribution < 1.29 is 14.5 Å². The Morgan fingerprint density at radius 1 is 1.14 bits per heavy atom. The van der Waals surface area contributed by atoms with E-state index in [1.54, 1.807) is 0 Å². The van der Waals surface area contributed by atoms with E-state index in [1.807, 2.05) is 12.2 Å². The van der Waals surface area contributed by atoms with Gasteiger partial charge in [0.05, 0.1) is 27.5 Å². The number of carbonyl (C=O) groups is 2. The highest BCUT2D eigenvalue weighted by Gasteiger charge is 2.59. The molecule has 1 aliphatic heterocycles. The van der Waals surface area contributed by atoms with Crippen LogP contribution in [0.15, 0.2) is 30.4 Å². The molecule has 2 aliphatic carbocycles. The SMILES string of the molecule is O=C1[C@@H]2[C@@H](C(=O)N1c1cc([N+](=O)[O-])ccc1Cl)[C@H]1C=C[C@H]2C1. The highest BCUT2D eigenvalue weighted by atomic mass is 35.5. The summed E-state index contributed by atoms with van der Waals surface area (Å²) in [7, 11) is 0. The van der Waals surface area contributed by atoms with Crippen LogP contribution >= 0.6 is 11.6 Å². The van der Waals surface area contributed by atoms with Crippen molar-refractivity contribution in [1.29, 1.82) is 0 Å². The van der Waals surface area contributed by atoms with Crippen molar-refractivity contribution in [3.8, 4) is 0 Å². The van der Waals surface area contributed by atoms with E-state index in [-0.39, 0.29) is 51.9 Å². The van der Waals surface area contributed by atoms with Gasteiger partial charge < -0.3 is 0 Å². The lowest BCUT2D eigenvalue weighted by Crippen LogP contribution is -2.33. The zero-order chi connectivity index (χ0) is 15.6. The Kier molecular flexibility index (Phi) is 2.69. The summed E-state index contributed by atoms with van der Waals surface area (Å²) >= 11 is 6.07. The monoisotopic (exact) mass is 318 g/mol. The lowest BCUT2D eigenvalue weighted by molar-refractivity contribution is -0.384. The summed E-state index contributed by atoms with van der Waals surface area (Å²) in [5.74, 6) is -1.11. The van der Waals surface area contributed by atoms with Crippen LogP contribution in [0.25, 0.3) is 0 Å². The zero-order valence-electron chi connectivity index (χ0n) is 11.3. The minimum absolute atomic E-state index is 0.0916. The predicted molar refractivity (Wildman–Crippen MR) is 78.3 cm³/mol. The second-order valence-corrected chi connectivity index (χ2v) is 6.31. The van der Waals surface area contributed by atoms with Crippen LogP contribution in [-0.2, 0) is 9.59 Å². The average molecular weight is 319 g/mol. The number of halogens is 1. The number of hydrogen-bond acceptors (Lipinski definition) is 4. The third kappa shape index (κ3) is 1.61. The molecule has 1 saturated heterocycles. The van der Waals surface area contributed by atoms with Gasteiger partial charge in [-0.05, 0) is 24.3 Å². The highest BCUT2D eigenvalue weighted by molar-refractivity contribution is 6.36. The molecule has 2 amide bonds. The van der Waals surface area contributed by atoms with Crippen molar-refractivity contribution in [2.24, 2.45) is 23.7 Å². The first-order valence-corrected chi connectivity index (χ1v) is 7.37. The molecule has 112 valence electrons. The summed E-state index contributed by atoms with van der Waals surface area (Å²) in [6.45, 7) is 0. The first kappa shape index (κ1) is 13.5. The van der Waals surface area contributed by atoms with Crippen LogP contribution in [0.1, 0.15) is 6.42 Å². The summed E-state index contributed by atoms with van der Waals surface area (Å²) in [5.41, 5.74) is -0.0853. The number of anilines is 1. The van der Waals surface area contributed by atoms with E-state index in [2.05, 4.69) is 0 Å². The third-order valence-electron chi connectivity index (χ3n) is 4.85. The van der Waals surface area contributed by atoms with Gasteiger partial charge in [-0.1, -0.05) is 23.8 Å². The molecule has 0 spiro atoms. The van der Waals surface area contributed by atoms with Gasteiger partial charge in [-0.3, -0.25) is 19.7 Å². The standard InChI is InChI=1S/C15H11ClN2O4/c16-10-4-3-9(18(21)22)6-11(10)17-14(19)12-7-1-2-8(5-7)13(12)15(17)20/h1-4,6-8,12-13H,5H2/t7-,8-,12-,13-/m0/s1. The number of imide groups is 1. The van der Waals surface area contributed by atoms with Gasteiger partial charge in [-0.2, -0.15) is 0 Å². The van der Waals surface area contributed by atoms with Gasteiger partial charge in [0.2, 0.25) is 11.8 Å². The Balaban J connectivity index is 1.79. The average Bonchev–Trinajstić information content (AvgIpc) is 3.14. The van der Waals surface area contributed by atoms with Crippen LogP contribution in [0.5, 0.6) is 0 Å². The summed E-state index contributed by atoms with van der Waals surface area (Å²) < 4.78 is 0. The molecule has 1 aromatic rings. The topological polar surface area (TPSA) is 80.5 Å². The zero-order valence-corrected chi connectivity index (χ0v) is 12.1. The molecule has 4 rings (SSSR count). The van der Waals surface area contributed by atoms with Crippen molar-refractivity contribution >= 4 is 34.8 Å². The second-order valence-electron chi connectivity index (χ2n) is 5.90. The third-order valence-corrected chi connectivity index (χ3v) is 5.17. The summed E-state index contributed by atoms with van der Waals surface area (Å²) in [5, 5.41) is 11.1. The van der Waals surface area contributed by atoms with Crippen LogP contribution in [0.4, 0.5) is 11.4 Å². The molecule has 2 fully saturated rings. The number of allylic oxidation sites excluding steroid dienone is 2. The maximum Gasteiger partial charge on any atom is 0.271 e. The normalized spacial score (nSPS) is 32.0. The number of amides is 2. The van der Waals surface area contributed by atoms with Crippen molar-refractivity contribution in [3.63, 3.8) is 0 Å². The number of nitro groups is 1. The Hall–Kier alpha value is -2.21. The number of non-ortho nitro benzene ring substituents is 1. The van der Waals surface area contributed by atoms with E-state index < -0.39 is 4.92 Å². The van der Waals surface area contributed by atoms with E-state index in [0.717, 1.165) is 11.3 Å². The van der Waals surface area contributed by atoms with Gasteiger partial charge in [0.25, 0.3) is 5.69 Å². The van der Waals surface area contributed by atoms with Crippen LogP contribution in [0, 0.1) is 33.8 Å². The van der Waals surface area contributed by atoms with Gasteiger partial charge in [0.15, 0.2) is 0 Å². The Labute approximate surface area is 130 Å². The van der Waals surface area contributed by atoms with Gasteiger partial charge in [0.1, 0.15) is 0 Å². The van der Waals surface area contributed by atoms with Crippen molar-refractivity contribution in [3.05, 3.63) is 45.5 Å². The Morgan fingerprint density at radius 3 is 2.27 bits per heavy atom. The minimum Gasteiger partial charge on any atom is -0.274 e. The number of rotatable bonds is 2. The summed E-state index contributed by atoms with van der Waals surface area (Å²) in [6, 6.07) is 3.79. The molecular weight excluding hydrogens is 308 g/mol. The molecule has 4 atom stereocenters. The molecule has 3 aliphatic rings. The largest absolute Gasteiger partial charge is 0.274 e. The molecule has 0 N–H and O–H groups in total. The van der Waals surface area contributed by atoms with Crippen molar-refractivity contribution in [2.75, 3.05) is 4.90 Å². The van der Waals surface area contributed by atoms with E-state index >= 15 is 0 Å². The van der Waals surface area contributed by atoms with E-state index in [9.17, 15) is 19.7 Å². The molecule has 1 saturated carbocycles. The Bertz CT molecular complexity index is 730. The summed E-state index contributed by atoms with van der Waals surface area (Å²) in [4.78, 5) is 36.7. The van der Waals surface area contributed by atoms with Crippen molar-refractivity contribution in [2.45, 2.75) is 6.42 Å². The fourth-order valence-electron chi connectivity index (χ4n) is 3.93. The fourth-order valence-corrected chi connectivity index (χ4v) is 4.13. The maximum absolute atomic E-state index is 12.7. The number of hydrogen-bond donors (Lipinski definition) is 0. The molecule has 0 unspecified atom stereocenters. The summed E-state index contributed by atoms with van der Waals surface area (Å²) in [6.07, 6.45) is 4.83. The van der Waals surface area contributed by atoms with Crippen LogP contribution in [0.2, 0.25) is 5.02 Å². The molecule has 1 aromatic carbocycles. The molecule has 0 radical (unpaired) electrons. The lowest BCUT2D eigenvalue weighted by Gasteiger charge is -2.18. The minimum atomic E-state index is -0.572. The number of benzene rings is 1. The highest BCUT2D eigenvalue weighted by Crippen LogP contribution is 2.53. The van der Waals surface area contributed by atoms with Gasteiger partial charge in [0, 0.05) is 12.1 Å². The number of carbonyl (C=O) groups excluding carboxylic acids is 2. The quantitative estimate of drug-likeness (QED) is 0.363. The maximum atomic E-state index is 12.7. The molecule has 0 aromatic heterocycles.